The van der Waals surface area contributed by atoms with Gasteiger partial charge in [-0.15, -0.1) is 0 Å². The largest absolute Gasteiger partial charge is 0.380 e. The van der Waals surface area contributed by atoms with E-state index in [0.29, 0.717) is 24.0 Å². The predicted octanol–water partition coefficient (Wildman–Crippen LogP) is 4.18. The summed E-state index contributed by atoms with van der Waals surface area (Å²) in [5.41, 5.74) is 3.49. The quantitative estimate of drug-likeness (QED) is 0.646. The molecule has 0 unspecified atom stereocenters. The lowest BCUT2D eigenvalue weighted by Crippen LogP contribution is -2.42. The molecule has 2 heterocycles. The number of nitrogens with zero attached hydrogens (tertiary/aromatic N) is 2. The Hall–Kier alpha value is -1.73. The van der Waals surface area contributed by atoms with Crippen molar-refractivity contribution in [1.29, 1.82) is 0 Å². The monoisotopic (exact) mass is 442 g/mol. The van der Waals surface area contributed by atoms with Gasteiger partial charge in [-0.25, -0.2) is 8.42 Å². The number of methoxy groups -OCH3 is 1. The van der Waals surface area contributed by atoms with Crippen LogP contribution in [-0.4, -0.2) is 63.1 Å². The fourth-order valence-electron chi connectivity index (χ4n) is 4.75. The van der Waals surface area contributed by atoms with Crippen LogP contribution in [0.4, 0.5) is 0 Å². The molecule has 0 saturated carbocycles. The van der Waals surface area contributed by atoms with E-state index in [-0.39, 0.29) is 6.10 Å². The summed E-state index contributed by atoms with van der Waals surface area (Å²) in [4.78, 5) is 2.92. The molecule has 0 aliphatic carbocycles. The normalized spacial score (nSPS) is 23.3. The van der Waals surface area contributed by atoms with Gasteiger partial charge < -0.3 is 9.64 Å². The van der Waals surface area contributed by atoms with Gasteiger partial charge in [0.2, 0.25) is 10.0 Å². The first-order valence-electron chi connectivity index (χ1n) is 11.4. The Balaban J connectivity index is 1.40. The molecule has 2 aliphatic rings. The van der Waals surface area contributed by atoms with Gasteiger partial charge in [-0.05, 0) is 74.4 Å². The fourth-order valence-corrected chi connectivity index (χ4v) is 6.26. The molecule has 2 aromatic carbocycles. The van der Waals surface area contributed by atoms with Crippen LogP contribution in [0.1, 0.15) is 38.2 Å². The van der Waals surface area contributed by atoms with E-state index in [1.807, 2.05) is 12.1 Å². The highest BCUT2D eigenvalue weighted by molar-refractivity contribution is 7.89. The SMILES string of the molecule is CO[C@@H]1CCCN(S(=O)(=O)c2ccc(-c3ccc(CCN4CCC[C@H]4C)cc3)cc2)C1. The lowest BCUT2D eigenvalue weighted by molar-refractivity contribution is 0.0572. The van der Waals surface area contributed by atoms with Crippen LogP contribution < -0.4 is 0 Å². The zero-order valence-corrected chi connectivity index (χ0v) is 19.5. The molecular weight excluding hydrogens is 408 g/mol. The minimum Gasteiger partial charge on any atom is -0.380 e. The number of hydrogen-bond acceptors (Lipinski definition) is 4. The van der Waals surface area contributed by atoms with E-state index < -0.39 is 10.0 Å². The summed E-state index contributed by atoms with van der Waals surface area (Å²) >= 11 is 0. The van der Waals surface area contributed by atoms with E-state index in [2.05, 4.69) is 36.1 Å². The van der Waals surface area contributed by atoms with Crippen molar-refractivity contribution < 1.29 is 13.2 Å². The van der Waals surface area contributed by atoms with E-state index >= 15 is 0 Å². The number of piperidine rings is 1. The number of hydrogen-bond donors (Lipinski definition) is 0. The highest BCUT2D eigenvalue weighted by atomic mass is 32.2. The maximum absolute atomic E-state index is 13.0. The summed E-state index contributed by atoms with van der Waals surface area (Å²) in [6.45, 7) is 5.65. The van der Waals surface area contributed by atoms with Crippen molar-refractivity contribution in [3.8, 4) is 11.1 Å². The molecule has 4 rings (SSSR count). The highest BCUT2D eigenvalue weighted by Gasteiger charge is 2.30. The second kappa shape index (κ2) is 9.82. The Morgan fingerprint density at radius 3 is 2.19 bits per heavy atom. The molecule has 0 N–H and O–H groups in total. The second-order valence-corrected chi connectivity index (χ2v) is 10.8. The van der Waals surface area contributed by atoms with Crippen molar-refractivity contribution >= 4 is 10.0 Å². The van der Waals surface area contributed by atoms with Gasteiger partial charge in [0.05, 0.1) is 11.0 Å². The summed E-state index contributed by atoms with van der Waals surface area (Å²) < 4.78 is 33.0. The number of ether oxygens (including phenoxy) is 1. The van der Waals surface area contributed by atoms with Crippen molar-refractivity contribution in [2.24, 2.45) is 0 Å². The van der Waals surface area contributed by atoms with E-state index in [1.54, 1.807) is 23.5 Å². The molecule has 0 spiro atoms. The van der Waals surface area contributed by atoms with Crippen LogP contribution in [0.25, 0.3) is 11.1 Å². The van der Waals surface area contributed by atoms with Gasteiger partial charge in [0.1, 0.15) is 0 Å². The number of likely N-dealkylation sites (tertiary alicyclic amines) is 1. The molecule has 2 saturated heterocycles. The highest BCUT2D eigenvalue weighted by Crippen LogP contribution is 2.26. The molecule has 2 aromatic rings. The zero-order chi connectivity index (χ0) is 21.8. The predicted molar refractivity (Wildman–Crippen MR) is 125 cm³/mol. The maximum atomic E-state index is 13.0. The van der Waals surface area contributed by atoms with Gasteiger partial charge in [-0.1, -0.05) is 36.4 Å². The van der Waals surface area contributed by atoms with Crippen LogP contribution in [0.5, 0.6) is 0 Å². The van der Waals surface area contributed by atoms with Gasteiger partial charge in [-0.3, -0.25) is 0 Å². The Bertz CT molecular complexity index is 957. The molecule has 5 nitrogen and oxygen atoms in total. The van der Waals surface area contributed by atoms with Crippen LogP contribution in [0.3, 0.4) is 0 Å². The van der Waals surface area contributed by atoms with E-state index in [4.69, 9.17) is 4.74 Å². The number of benzene rings is 2. The van der Waals surface area contributed by atoms with Crippen LogP contribution in [-0.2, 0) is 21.2 Å². The van der Waals surface area contributed by atoms with Crippen molar-refractivity contribution in [3.63, 3.8) is 0 Å². The van der Waals surface area contributed by atoms with Gasteiger partial charge >= 0.3 is 0 Å². The summed E-state index contributed by atoms with van der Waals surface area (Å²) in [5.74, 6) is 0. The van der Waals surface area contributed by atoms with Crippen LogP contribution in [0, 0.1) is 0 Å². The van der Waals surface area contributed by atoms with Crippen LogP contribution >= 0.6 is 0 Å². The molecule has 6 heteroatoms. The molecule has 0 aromatic heterocycles. The molecule has 2 fully saturated rings. The molecule has 31 heavy (non-hydrogen) atoms. The molecular formula is C25H34N2O3S. The van der Waals surface area contributed by atoms with Crippen molar-refractivity contribution in [1.82, 2.24) is 9.21 Å². The van der Waals surface area contributed by atoms with Gasteiger partial charge in [0.25, 0.3) is 0 Å². The summed E-state index contributed by atoms with van der Waals surface area (Å²) in [5, 5.41) is 0. The molecule has 0 amide bonds. The Morgan fingerprint density at radius 1 is 0.935 bits per heavy atom. The minimum absolute atomic E-state index is 0.0185. The molecule has 2 aliphatic heterocycles. The Kier molecular flexibility index (Phi) is 7.12. The van der Waals surface area contributed by atoms with Crippen LogP contribution in [0.2, 0.25) is 0 Å². The first-order valence-corrected chi connectivity index (χ1v) is 12.9. The zero-order valence-electron chi connectivity index (χ0n) is 18.7. The lowest BCUT2D eigenvalue weighted by atomic mass is 10.0. The average Bonchev–Trinajstić information content (AvgIpc) is 3.23. The fraction of sp³-hybridized carbons (Fsp3) is 0.520. The number of rotatable bonds is 7. The van der Waals surface area contributed by atoms with E-state index in [0.717, 1.165) is 36.9 Å². The van der Waals surface area contributed by atoms with Crippen molar-refractivity contribution in [3.05, 3.63) is 54.1 Å². The van der Waals surface area contributed by atoms with Crippen LogP contribution in [0.15, 0.2) is 53.4 Å². The average molecular weight is 443 g/mol. The third-order valence-corrected chi connectivity index (χ3v) is 8.71. The molecule has 2 atom stereocenters. The van der Waals surface area contributed by atoms with Crippen molar-refractivity contribution in [2.45, 2.75) is 56.1 Å². The molecule has 168 valence electrons. The minimum atomic E-state index is -3.48. The summed E-state index contributed by atoms with van der Waals surface area (Å²) in [6, 6.07) is 16.6. The van der Waals surface area contributed by atoms with Gasteiger partial charge in [0, 0.05) is 32.8 Å². The maximum Gasteiger partial charge on any atom is 0.243 e. The van der Waals surface area contributed by atoms with E-state index in [1.165, 1.54) is 24.9 Å². The third-order valence-electron chi connectivity index (χ3n) is 6.83. The first kappa shape index (κ1) is 22.5. The second-order valence-electron chi connectivity index (χ2n) is 8.86. The lowest BCUT2D eigenvalue weighted by Gasteiger charge is -2.31. The first-order chi connectivity index (χ1) is 15.0. The smallest absolute Gasteiger partial charge is 0.243 e. The summed E-state index contributed by atoms with van der Waals surface area (Å²) in [7, 11) is -1.84. The molecule has 0 bridgehead atoms. The molecule has 0 radical (unpaired) electrons. The summed E-state index contributed by atoms with van der Waals surface area (Å²) in [6.07, 6.45) is 5.43. The van der Waals surface area contributed by atoms with E-state index in [9.17, 15) is 8.42 Å². The Labute approximate surface area is 187 Å². The van der Waals surface area contributed by atoms with Gasteiger partial charge in [0.15, 0.2) is 0 Å². The third kappa shape index (κ3) is 5.20. The number of sulfonamides is 1. The van der Waals surface area contributed by atoms with Crippen molar-refractivity contribution in [2.75, 3.05) is 33.3 Å². The standard InChI is InChI=1S/C25H34N2O3S/c1-20-5-3-16-26(20)18-15-21-7-9-22(10-8-21)23-11-13-25(14-12-23)31(28,29)27-17-4-6-24(19-27)30-2/h7-14,20,24H,3-6,15-19H2,1-2H3/t20-,24-/m1/s1. The topological polar surface area (TPSA) is 49.9 Å². The Morgan fingerprint density at radius 2 is 1.58 bits per heavy atom. The van der Waals surface area contributed by atoms with Gasteiger partial charge in [-0.2, -0.15) is 4.31 Å².